The summed E-state index contributed by atoms with van der Waals surface area (Å²) < 4.78 is 21.1. The van der Waals surface area contributed by atoms with Gasteiger partial charge in [0.1, 0.15) is 24.1 Å². The van der Waals surface area contributed by atoms with E-state index in [-0.39, 0.29) is 0 Å². The van der Waals surface area contributed by atoms with Gasteiger partial charge in [0.25, 0.3) is 0 Å². The van der Waals surface area contributed by atoms with Gasteiger partial charge in [0.05, 0.1) is 29.2 Å². The predicted molar refractivity (Wildman–Crippen MR) is 152 cm³/mol. The molecule has 4 aromatic rings. The summed E-state index contributed by atoms with van der Waals surface area (Å²) in [7, 11) is 3.09. The van der Waals surface area contributed by atoms with Gasteiger partial charge in [-0.25, -0.2) is 4.98 Å². The molecule has 2 N–H and O–H groups in total. The van der Waals surface area contributed by atoms with Crippen molar-refractivity contribution in [2.75, 3.05) is 49.6 Å². The van der Waals surface area contributed by atoms with Crippen molar-refractivity contribution in [1.82, 2.24) is 24.7 Å². The van der Waals surface area contributed by atoms with E-state index in [9.17, 15) is 4.57 Å². The Morgan fingerprint density at radius 3 is 2.65 bits per heavy atom. The van der Waals surface area contributed by atoms with Gasteiger partial charge in [-0.05, 0) is 47.5 Å². The number of hydrogen-bond donors (Lipinski definition) is 2. The lowest BCUT2D eigenvalue weighted by atomic mass is 10.0. The van der Waals surface area contributed by atoms with Crippen molar-refractivity contribution in [1.29, 1.82) is 0 Å². The van der Waals surface area contributed by atoms with Crippen molar-refractivity contribution < 1.29 is 9.30 Å². The van der Waals surface area contributed by atoms with Crippen molar-refractivity contribution in [3.8, 4) is 16.9 Å². The minimum absolute atomic E-state index is 0.374. The summed E-state index contributed by atoms with van der Waals surface area (Å²) in [6.45, 7) is 4.26. The molecule has 1 aromatic carbocycles. The van der Waals surface area contributed by atoms with Gasteiger partial charge in [-0.3, -0.25) is 9.67 Å². The first kappa shape index (κ1) is 25.2. The average Bonchev–Trinajstić information content (AvgIpc) is 3.17. The molecule has 0 aliphatic carbocycles. The van der Waals surface area contributed by atoms with E-state index in [4.69, 9.17) is 4.74 Å². The van der Waals surface area contributed by atoms with Gasteiger partial charge in [0.2, 0.25) is 5.95 Å². The standard InChI is InChI=1S/C25H28BrN8O2P/c1-33-10-8-20-16(13-29-34(20)2)15-11-19(22(36-3)12-21(15)33)31-25-28-14-17(26)23(32-25)30-18-7-6-9-27-24(18)37(4,5)35/h6-7,9,11-14H,8,10H2,1-5H3,(H2,28,30,31,32). The molecule has 1 aliphatic rings. The Kier molecular flexibility index (Phi) is 6.68. The maximum atomic E-state index is 12.8. The van der Waals surface area contributed by atoms with E-state index in [0.29, 0.717) is 33.1 Å². The SMILES string of the molecule is COc1cc2c(cc1Nc1ncc(Br)c(Nc3cccnc3P(C)(C)=O)n1)-c1cnn(C)c1CCN2C. The van der Waals surface area contributed by atoms with Crippen LogP contribution < -0.4 is 25.7 Å². The number of anilines is 5. The van der Waals surface area contributed by atoms with E-state index in [1.54, 1.807) is 38.9 Å². The quantitative estimate of drug-likeness (QED) is 0.310. The molecule has 0 bridgehead atoms. The molecule has 0 atom stereocenters. The van der Waals surface area contributed by atoms with Crippen molar-refractivity contribution in [2.45, 2.75) is 6.42 Å². The Morgan fingerprint density at radius 1 is 1.08 bits per heavy atom. The van der Waals surface area contributed by atoms with Crippen LogP contribution in [0, 0.1) is 0 Å². The first-order valence-electron chi connectivity index (χ1n) is 11.7. The first-order chi connectivity index (χ1) is 17.7. The number of aromatic nitrogens is 5. The maximum Gasteiger partial charge on any atom is 0.229 e. The summed E-state index contributed by atoms with van der Waals surface area (Å²) in [5.41, 5.74) is 6.29. The third kappa shape index (κ3) is 4.93. The Balaban J connectivity index is 1.53. The molecule has 3 aromatic heterocycles. The van der Waals surface area contributed by atoms with Crippen LogP contribution in [0.3, 0.4) is 0 Å². The van der Waals surface area contributed by atoms with Crippen molar-refractivity contribution in [3.05, 3.63) is 53.0 Å². The number of rotatable bonds is 6. The number of pyridine rings is 1. The van der Waals surface area contributed by atoms with Crippen LogP contribution in [-0.2, 0) is 18.0 Å². The number of nitrogens with one attached hydrogen (secondary N) is 2. The Bertz CT molecular complexity index is 1530. The van der Waals surface area contributed by atoms with Crippen LogP contribution in [0.5, 0.6) is 5.75 Å². The van der Waals surface area contributed by atoms with Gasteiger partial charge in [0.15, 0.2) is 0 Å². The number of fused-ring (bicyclic) bond motifs is 3. The number of halogens is 1. The Labute approximate surface area is 224 Å². The lowest BCUT2D eigenvalue weighted by Gasteiger charge is -2.22. The summed E-state index contributed by atoms with van der Waals surface area (Å²) in [4.78, 5) is 15.7. The highest BCUT2D eigenvalue weighted by Gasteiger charge is 2.24. The highest BCUT2D eigenvalue weighted by atomic mass is 79.9. The van der Waals surface area contributed by atoms with Gasteiger partial charge in [0, 0.05) is 68.0 Å². The summed E-state index contributed by atoms with van der Waals surface area (Å²) in [6.07, 6.45) is 6.10. The van der Waals surface area contributed by atoms with Gasteiger partial charge >= 0.3 is 0 Å². The van der Waals surface area contributed by atoms with E-state index in [1.807, 2.05) is 30.1 Å². The lowest BCUT2D eigenvalue weighted by molar-refractivity contribution is 0.417. The molecule has 12 heteroatoms. The predicted octanol–water partition coefficient (Wildman–Crippen LogP) is 4.77. The van der Waals surface area contributed by atoms with E-state index in [2.05, 4.69) is 64.6 Å². The van der Waals surface area contributed by atoms with Crippen LogP contribution in [0.15, 0.2) is 47.3 Å². The van der Waals surface area contributed by atoms with Crippen LogP contribution in [0.25, 0.3) is 11.1 Å². The van der Waals surface area contributed by atoms with E-state index >= 15 is 0 Å². The van der Waals surface area contributed by atoms with Crippen LogP contribution >= 0.6 is 23.1 Å². The van der Waals surface area contributed by atoms with Gasteiger partial charge in [-0.15, -0.1) is 0 Å². The smallest absolute Gasteiger partial charge is 0.229 e. The lowest BCUT2D eigenvalue weighted by Crippen LogP contribution is -2.20. The largest absolute Gasteiger partial charge is 0.494 e. The third-order valence-corrected chi connectivity index (χ3v) is 8.26. The number of benzene rings is 1. The maximum absolute atomic E-state index is 12.8. The van der Waals surface area contributed by atoms with E-state index in [0.717, 1.165) is 35.5 Å². The Morgan fingerprint density at radius 2 is 1.89 bits per heavy atom. The van der Waals surface area contributed by atoms with Crippen LogP contribution in [0.2, 0.25) is 0 Å². The highest BCUT2D eigenvalue weighted by Crippen LogP contribution is 2.43. The molecule has 0 fully saturated rings. The summed E-state index contributed by atoms with van der Waals surface area (Å²) in [5, 5.41) is 11.1. The molecule has 10 nitrogen and oxygen atoms in total. The second-order valence-corrected chi connectivity index (χ2v) is 13.2. The molecule has 0 saturated heterocycles. The highest BCUT2D eigenvalue weighted by molar-refractivity contribution is 9.10. The topological polar surface area (TPSA) is 110 Å². The second kappa shape index (κ2) is 9.79. The van der Waals surface area contributed by atoms with E-state index < -0.39 is 7.14 Å². The molecule has 37 heavy (non-hydrogen) atoms. The zero-order valence-electron chi connectivity index (χ0n) is 21.3. The molecule has 0 spiro atoms. The monoisotopic (exact) mass is 582 g/mol. The molecule has 192 valence electrons. The average molecular weight is 583 g/mol. The summed E-state index contributed by atoms with van der Waals surface area (Å²) in [6, 6.07) is 7.71. The number of hydrogen-bond acceptors (Lipinski definition) is 9. The molecule has 4 heterocycles. The molecule has 5 rings (SSSR count). The van der Waals surface area contributed by atoms with Crippen molar-refractivity contribution >= 4 is 57.3 Å². The number of methoxy groups -OCH3 is 1. The van der Waals surface area contributed by atoms with E-state index in [1.165, 1.54) is 5.69 Å². The summed E-state index contributed by atoms with van der Waals surface area (Å²) >= 11 is 3.52. The molecule has 0 radical (unpaired) electrons. The number of aryl methyl sites for hydroxylation is 1. The zero-order valence-corrected chi connectivity index (χ0v) is 23.8. The fourth-order valence-electron chi connectivity index (χ4n) is 4.43. The normalized spacial score (nSPS) is 13.0. The van der Waals surface area contributed by atoms with Crippen LogP contribution in [0.1, 0.15) is 5.69 Å². The van der Waals surface area contributed by atoms with Crippen LogP contribution in [-0.4, -0.2) is 58.8 Å². The molecule has 0 unspecified atom stereocenters. The molecule has 0 amide bonds. The third-order valence-electron chi connectivity index (χ3n) is 6.31. The van der Waals surface area contributed by atoms with Crippen LogP contribution in [0.4, 0.5) is 28.8 Å². The molecule has 0 saturated carbocycles. The first-order valence-corrected chi connectivity index (χ1v) is 15.1. The number of ether oxygens (including phenoxy) is 1. The van der Waals surface area contributed by atoms with Gasteiger partial charge < -0.3 is 24.8 Å². The van der Waals surface area contributed by atoms with Crippen molar-refractivity contribution in [3.63, 3.8) is 0 Å². The molecule has 1 aliphatic heterocycles. The summed E-state index contributed by atoms with van der Waals surface area (Å²) in [5.74, 6) is 1.56. The minimum Gasteiger partial charge on any atom is -0.494 e. The fraction of sp³-hybridized carbons (Fsp3) is 0.280. The van der Waals surface area contributed by atoms with Gasteiger partial charge in [-0.2, -0.15) is 10.1 Å². The van der Waals surface area contributed by atoms with Crippen molar-refractivity contribution in [2.24, 2.45) is 7.05 Å². The Hall–Kier alpha value is -3.43. The minimum atomic E-state index is -2.61. The second-order valence-electron chi connectivity index (χ2n) is 9.24. The molecular weight excluding hydrogens is 555 g/mol. The van der Waals surface area contributed by atoms with Gasteiger partial charge in [-0.1, -0.05) is 0 Å². The number of likely N-dealkylation sites (N-methyl/N-ethyl adjacent to an activating group) is 1. The zero-order chi connectivity index (χ0) is 26.3. The number of nitrogens with zero attached hydrogens (tertiary/aromatic N) is 6. The fourth-order valence-corrected chi connectivity index (χ4v) is 5.78. The molecular formula is C25H28BrN8O2P.